The molecule has 1 aromatic heterocycles. The number of carbonyl (C=O) groups is 1. The molecule has 0 saturated heterocycles. The molecule has 3 heteroatoms. The van der Waals surface area contributed by atoms with Crippen molar-refractivity contribution in [3.8, 4) is 11.4 Å². The molecule has 0 unspecified atom stereocenters. The third-order valence-electron chi connectivity index (χ3n) is 4.28. The molecule has 0 aliphatic carbocycles. The van der Waals surface area contributed by atoms with Gasteiger partial charge < -0.3 is 0 Å². The number of fused-ring (bicyclic) bond motifs is 1. The molecule has 2 aromatic carbocycles. The second-order valence-corrected chi connectivity index (χ2v) is 5.97. The van der Waals surface area contributed by atoms with Crippen LogP contribution in [0.3, 0.4) is 0 Å². The van der Waals surface area contributed by atoms with Crippen LogP contribution in [0.4, 0.5) is 0 Å². The molecule has 0 bridgehead atoms. The highest BCUT2D eigenvalue weighted by Gasteiger charge is 2.25. The molecule has 23 heavy (non-hydrogen) atoms. The van der Waals surface area contributed by atoms with Crippen LogP contribution in [0.15, 0.2) is 54.6 Å². The summed E-state index contributed by atoms with van der Waals surface area (Å²) in [6.45, 7) is 2.55. The molecular formula is C20H23N2O+. The fourth-order valence-electron chi connectivity index (χ4n) is 3.11. The van der Waals surface area contributed by atoms with Crippen molar-refractivity contribution >= 4 is 16.8 Å². The summed E-state index contributed by atoms with van der Waals surface area (Å²) in [7, 11) is 2.07. The van der Waals surface area contributed by atoms with Crippen LogP contribution < -0.4 is 4.57 Å². The van der Waals surface area contributed by atoms with Crippen LogP contribution in [0.5, 0.6) is 0 Å². The van der Waals surface area contributed by atoms with Crippen molar-refractivity contribution in [3.63, 3.8) is 0 Å². The van der Waals surface area contributed by atoms with Crippen LogP contribution >= 0.6 is 0 Å². The molecule has 3 rings (SSSR count). The van der Waals surface area contributed by atoms with E-state index in [1.807, 2.05) is 30.3 Å². The molecule has 0 spiro atoms. The van der Waals surface area contributed by atoms with Crippen molar-refractivity contribution in [3.05, 3.63) is 54.6 Å². The number of nitrogens with zero attached hydrogens (tertiary/aromatic N) is 2. The van der Waals surface area contributed by atoms with Gasteiger partial charge in [-0.2, -0.15) is 0 Å². The Kier molecular flexibility index (Phi) is 4.56. The van der Waals surface area contributed by atoms with Crippen molar-refractivity contribution in [1.82, 2.24) is 4.57 Å². The highest BCUT2D eigenvalue weighted by Crippen LogP contribution is 2.23. The van der Waals surface area contributed by atoms with Gasteiger partial charge in [-0.3, -0.25) is 4.79 Å². The smallest absolute Gasteiger partial charge is 0.290 e. The van der Waals surface area contributed by atoms with E-state index in [-0.39, 0.29) is 0 Å². The van der Waals surface area contributed by atoms with E-state index in [1.165, 1.54) is 0 Å². The molecule has 1 heterocycles. The van der Waals surface area contributed by atoms with Gasteiger partial charge in [0.05, 0.1) is 12.6 Å². The average molecular weight is 307 g/mol. The minimum Gasteiger partial charge on any atom is -0.295 e. The molecule has 0 atom stereocenters. The summed E-state index contributed by atoms with van der Waals surface area (Å²) in [6.07, 6.45) is 2.67. The summed E-state index contributed by atoms with van der Waals surface area (Å²) >= 11 is 0. The van der Waals surface area contributed by atoms with Gasteiger partial charge in [0.15, 0.2) is 16.8 Å². The van der Waals surface area contributed by atoms with Crippen molar-refractivity contribution in [1.29, 1.82) is 0 Å². The van der Waals surface area contributed by atoms with E-state index < -0.39 is 0 Å². The molecule has 0 fully saturated rings. The summed E-state index contributed by atoms with van der Waals surface area (Å²) in [5.41, 5.74) is 3.39. The quantitative estimate of drug-likeness (QED) is 0.634. The van der Waals surface area contributed by atoms with E-state index in [2.05, 4.69) is 47.4 Å². The van der Waals surface area contributed by atoms with E-state index in [9.17, 15) is 4.79 Å². The van der Waals surface area contributed by atoms with Crippen molar-refractivity contribution in [2.45, 2.75) is 32.7 Å². The number of hydrogen-bond donors (Lipinski definition) is 0. The first kappa shape index (κ1) is 15.5. The highest BCUT2D eigenvalue weighted by atomic mass is 16.1. The molecule has 118 valence electrons. The van der Waals surface area contributed by atoms with E-state index in [4.69, 9.17) is 0 Å². The Balaban J connectivity index is 2.12. The fourth-order valence-corrected chi connectivity index (χ4v) is 3.11. The maximum atomic E-state index is 12.4. The van der Waals surface area contributed by atoms with E-state index in [0.29, 0.717) is 18.7 Å². The number of carbonyl (C=O) groups excluding carboxylic acids is 1. The lowest BCUT2D eigenvalue weighted by atomic mass is 10.1. The van der Waals surface area contributed by atoms with E-state index in [1.54, 1.807) is 0 Å². The van der Waals surface area contributed by atoms with Gasteiger partial charge in [-0.25, -0.2) is 9.13 Å². The number of rotatable bonds is 6. The highest BCUT2D eigenvalue weighted by molar-refractivity contribution is 5.83. The van der Waals surface area contributed by atoms with Crippen LogP contribution in [-0.2, 0) is 18.4 Å². The number of aromatic nitrogens is 2. The fraction of sp³-hybridized carbons (Fsp3) is 0.300. The predicted octanol–water partition coefficient (Wildman–Crippen LogP) is 3.89. The second-order valence-electron chi connectivity index (χ2n) is 5.97. The van der Waals surface area contributed by atoms with Crippen molar-refractivity contribution < 1.29 is 9.36 Å². The van der Waals surface area contributed by atoms with Gasteiger partial charge in [-0.15, -0.1) is 0 Å². The molecule has 0 saturated carbocycles. The zero-order chi connectivity index (χ0) is 16.2. The van der Waals surface area contributed by atoms with Crippen LogP contribution in [0.1, 0.15) is 26.2 Å². The first-order valence-electron chi connectivity index (χ1n) is 8.26. The normalized spacial score (nSPS) is 11.0. The zero-order valence-electron chi connectivity index (χ0n) is 13.8. The Morgan fingerprint density at radius 3 is 2.48 bits per heavy atom. The van der Waals surface area contributed by atoms with Gasteiger partial charge in [0, 0.05) is 6.42 Å². The minimum atomic E-state index is 0.297. The topological polar surface area (TPSA) is 25.9 Å². The number of imidazole rings is 1. The van der Waals surface area contributed by atoms with Crippen LogP contribution in [0, 0.1) is 0 Å². The Labute approximate surface area is 137 Å². The number of unbranched alkanes of at least 4 members (excludes halogenated alkanes) is 1. The van der Waals surface area contributed by atoms with Gasteiger partial charge in [-0.1, -0.05) is 43.7 Å². The standard InChI is InChI=1S/C20H23N2O/c1-3-4-12-17(23)15-22-19-14-9-8-13-18(19)21(2)20(22)16-10-6-5-7-11-16/h5-11,13-14H,3-4,12,15H2,1-2H3/q+1. The summed E-state index contributed by atoms with van der Waals surface area (Å²) in [5, 5.41) is 0. The number of aryl methyl sites for hydroxylation is 1. The monoisotopic (exact) mass is 307 g/mol. The van der Waals surface area contributed by atoms with Gasteiger partial charge in [0.2, 0.25) is 0 Å². The molecule has 0 amide bonds. The first-order valence-corrected chi connectivity index (χ1v) is 8.26. The number of Topliss-reactive ketones (excluding diaryl/α,β-unsaturated/α-hetero) is 1. The van der Waals surface area contributed by atoms with Gasteiger partial charge in [0.1, 0.15) is 6.54 Å². The summed E-state index contributed by atoms with van der Waals surface area (Å²) in [4.78, 5) is 12.4. The molecular weight excluding hydrogens is 284 g/mol. The molecule has 0 aliphatic rings. The summed E-state index contributed by atoms with van der Waals surface area (Å²) in [5.74, 6) is 1.38. The zero-order valence-corrected chi connectivity index (χ0v) is 13.8. The maximum Gasteiger partial charge on any atom is 0.290 e. The summed E-state index contributed by atoms with van der Waals surface area (Å²) < 4.78 is 4.33. The Morgan fingerprint density at radius 2 is 1.74 bits per heavy atom. The molecule has 0 N–H and O–H groups in total. The lowest BCUT2D eigenvalue weighted by Gasteiger charge is -2.03. The largest absolute Gasteiger partial charge is 0.295 e. The van der Waals surface area contributed by atoms with Crippen LogP contribution in [-0.4, -0.2) is 10.4 Å². The van der Waals surface area contributed by atoms with Crippen LogP contribution in [0.25, 0.3) is 22.4 Å². The summed E-state index contributed by atoms with van der Waals surface area (Å²) in [6, 6.07) is 18.6. The number of para-hydroxylation sites is 2. The number of benzene rings is 2. The van der Waals surface area contributed by atoms with Crippen molar-refractivity contribution in [2.75, 3.05) is 0 Å². The Hall–Kier alpha value is -2.42. The molecule has 0 radical (unpaired) electrons. The molecule has 3 aromatic rings. The first-order chi connectivity index (χ1) is 11.2. The van der Waals surface area contributed by atoms with Gasteiger partial charge in [0.25, 0.3) is 5.82 Å². The lowest BCUT2D eigenvalue weighted by molar-refractivity contribution is -0.634. The lowest BCUT2D eigenvalue weighted by Crippen LogP contribution is -2.30. The number of hydrogen-bond acceptors (Lipinski definition) is 1. The average Bonchev–Trinajstić information content (AvgIpc) is 2.86. The molecule has 3 nitrogen and oxygen atoms in total. The van der Waals surface area contributed by atoms with E-state index in [0.717, 1.165) is 35.3 Å². The maximum absolute atomic E-state index is 12.4. The minimum absolute atomic E-state index is 0.297. The van der Waals surface area contributed by atoms with Gasteiger partial charge >= 0.3 is 0 Å². The van der Waals surface area contributed by atoms with E-state index >= 15 is 0 Å². The predicted molar refractivity (Wildman–Crippen MR) is 93.1 cm³/mol. The SMILES string of the molecule is CCCCC(=O)Cn1c(-c2ccccc2)[n+](C)c2ccccc21. The van der Waals surface area contributed by atoms with Gasteiger partial charge in [-0.05, 0) is 30.7 Å². The molecule has 0 aliphatic heterocycles. The number of ketones is 1. The van der Waals surface area contributed by atoms with Crippen molar-refractivity contribution in [2.24, 2.45) is 7.05 Å². The third kappa shape index (κ3) is 3.04. The Bertz CT molecular complexity index is 818. The second kappa shape index (κ2) is 6.78. The third-order valence-corrected chi connectivity index (χ3v) is 4.28. The Morgan fingerprint density at radius 1 is 1.04 bits per heavy atom. The van der Waals surface area contributed by atoms with Crippen LogP contribution in [0.2, 0.25) is 0 Å².